The molecule has 4 heteroatoms. The summed E-state index contributed by atoms with van der Waals surface area (Å²) in [6.45, 7) is 7.94. The predicted molar refractivity (Wildman–Crippen MR) is 74.3 cm³/mol. The Hall–Kier alpha value is -0.580. The van der Waals surface area contributed by atoms with Crippen LogP contribution in [0.15, 0.2) is 24.5 Å². The fourth-order valence-electron chi connectivity index (χ4n) is 2.07. The third kappa shape index (κ3) is 4.66. The molecule has 0 saturated carbocycles. The molecule has 1 aliphatic rings. The van der Waals surface area contributed by atoms with E-state index in [4.69, 9.17) is 0 Å². The smallest absolute Gasteiger partial charge is 0.0312 e. The van der Waals surface area contributed by atoms with Crippen molar-refractivity contribution in [2.75, 3.05) is 31.9 Å². The Morgan fingerprint density at radius 2 is 2.53 bits per heavy atom. The second kappa shape index (κ2) is 6.99. The molecule has 0 amide bonds. The van der Waals surface area contributed by atoms with Crippen LogP contribution in [-0.4, -0.2) is 47.1 Å². The third-order valence-electron chi connectivity index (χ3n) is 2.98. The number of aromatic nitrogens is 1. The summed E-state index contributed by atoms with van der Waals surface area (Å²) < 4.78 is 0. The first kappa shape index (κ1) is 12.9. The van der Waals surface area contributed by atoms with Crippen molar-refractivity contribution >= 4 is 11.8 Å². The average Bonchev–Trinajstić information content (AvgIpc) is 2.36. The zero-order valence-corrected chi connectivity index (χ0v) is 11.2. The van der Waals surface area contributed by atoms with Gasteiger partial charge in [-0.25, -0.2) is 0 Å². The highest BCUT2D eigenvalue weighted by molar-refractivity contribution is 7.99. The molecule has 1 aromatic heterocycles. The minimum absolute atomic E-state index is 0.794. The first-order valence-corrected chi connectivity index (χ1v) is 7.33. The predicted octanol–water partition coefficient (Wildman–Crippen LogP) is 1.61. The largest absolute Gasteiger partial charge is 0.311 e. The number of thioether (sulfide) groups is 1. The van der Waals surface area contributed by atoms with E-state index in [1.54, 1.807) is 0 Å². The third-order valence-corrected chi connectivity index (χ3v) is 4.12. The van der Waals surface area contributed by atoms with Gasteiger partial charge in [0, 0.05) is 56.1 Å². The first-order chi connectivity index (χ1) is 8.34. The summed E-state index contributed by atoms with van der Waals surface area (Å²) in [5.74, 6) is 1.28. The maximum absolute atomic E-state index is 4.11. The van der Waals surface area contributed by atoms with Gasteiger partial charge in [-0.15, -0.1) is 0 Å². The van der Waals surface area contributed by atoms with Crippen molar-refractivity contribution in [2.24, 2.45) is 0 Å². The molecule has 1 atom stereocenters. The van der Waals surface area contributed by atoms with Gasteiger partial charge in [-0.05, 0) is 11.6 Å². The Morgan fingerprint density at radius 1 is 1.59 bits per heavy atom. The van der Waals surface area contributed by atoms with Gasteiger partial charge in [0.25, 0.3) is 0 Å². The summed E-state index contributed by atoms with van der Waals surface area (Å²) in [5, 5.41) is 4.27. The second-order valence-electron chi connectivity index (χ2n) is 4.52. The highest BCUT2D eigenvalue weighted by atomic mass is 32.2. The van der Waals surface area contributed by atoms with E-state index < -0.39 is 0 Å². The van der Waals surface area contributed by atoms with Crippen LogP contribution in [0.3, 0.4) is 0 Å². The molecule has 94 valence electrons. The molecule has 2 heterocycles. The van der Waals surface area contributed by atoms with Crippen LogP contribution in [0, 0.1) is 0 Å². The number of nitrogens with one attached hydrogen (secondary N) is 1. The maximum atomic E-state index is 4.11. The van der Waals surface area contributed by atoms with Crippen molar-refractivity contribution in [2.45, 2.75) is 18.7 Å². The zero-order valence-electron chi connectivity index (χ0n) is 10.4. The SMILES string of the molecule is CC1CN(CCNCc2cccnc2)CCS1. The number of hydrogen-bond acceptors (Lipinski definition) is 4. The van der Waals surface area contributed by atoms with Gasteiger partial charge in [0.1, 0.15) is 0 Å². The van der Waals surface area contributed by atoms with Crippen LogP contribution in [0.2, 0.25) is 0 Å². The lowest BCUT2D eigenvalue weighted by Crippen LogP contribution is -2.40. The van der Waals surface area contributed by atoms with Crippen molar-refractivity contribution < 1.29 is 0 Å². The standard InChI is InChI=1S/C13H21N3S/c1-12-11-16(7-8-17-12)6-5-15-10-13-3-2-4-14-9-13/h2-4,9,12,15H,5-8,10-11H2,1H3. The van der Waals surface area contributed by atoms with E-state index >= 15 is 0 Å². The summed E-state index contributed by atoms with van der Waals surface area (Å²) in [5.41, 5.74) is 1.26. The molecule has 1 saturated heterocycles. The maximum Gasteiger partial charge on any atom is 0.0312 e. The molecular weight excluding hydrogens is 230 g/mol. The molecule has 17 heavy (non-hydrogen) atoms. The molecule has 0 spiro atoms. The van der Waals surface area contributed by atoms with Crippen molar-refractivity contribution in [1.29, 1.82) is 0 Å². The van der Waals surface area contributed by atoms with Gasteiger partial charge in [0.15, 0.2) is 0 Å². The lowest BCUT2D eigenvalue weighted by Gasteiger charge is -2.30. The van der Waals surface area contributed by atoms with Gasteiger partial charge < -0.3 is 10.2 Å². The normalized spacial score (nSPS) is 21.6. The highest BCUT2D eigenvalue weighted by Crippen LogP contribution is 2.16. The van der Waals surface area contributed by atoms with E-state index in [2.05, 4.69) is 40.0 Å². The molecule has 0 aromatic carbocycles. The summed E-state index contributed by atoms with van der Waals surface area (Å²) >= 11 is 2.09. The van der Waals surface area contributed by atoms with E-state index in [-0.39, 0.29) is 0 Å². The van der Waals surface area contributed by atoms with Crippen LogP contribution in [0.1, 0.15) is 12.5 Å². The number of rotatable bonds is 5. The Labute approximate surface area is 108 Å². The molecule has 1 fully saturated rings. The van der Waals surface area contributed by atoms with Crippen molar-refractivity contribution in [3.8, 4) is 0 Å². The topological polar surface area (TPSA) is 28.2 Å². The fourth-order valence-corrected chi connectivity index (χ4v) is 3.15. The number of nitrogens with zero attached hydrogens (tertiary/aromatic N) is 2. The minimum Gasteiger partial charge on any atom is -0.311 e. The van der Waals surface area contributed by atoms with Gasteiger partial charge in [-0.2, -0.15) is 11.8 Å². The van der Waals surface area contributed by atoms with Gasteiger partial charge in [0.2, 0.25) is 0 Å². The molecule has 1 aromatic rings. The minimum atomic E-state index is 0.794. The molecule has 1 aliphatic heterocycles. The highest BCUT2D eigenvalue weighted by Gasteiger charge is 2.15. The monoisotopic (exact) mass is 251 g/mol. The van der Waals surface area contributed by atoms with E-state index in [1.165, 1.54) is 24.4 Å². The van der Waals surface area contributed by atoms with Crippen LogP contribution in [-0.2, 0) is 6.54 Å². The molecule has 0 aliphatic carbocycles. The van der Waals surface area contributed by atoms with Crippen LogP contribution in [0.4, 0.5) is 0 Å². The lowest BCUT2D eigenvalue weighted by molar-refractivity contribution is 0.285. The van der Waals surface area contributed by atoms with Crippen LogP contribution in [0.25, 0.3) is 0 Å². The molecule has 1 unspecified atom stereocenters. The Morgan fingerprint density at radius 3 is 3.29 bits per heavy atom. The van der Waals surface area contributed by atoms with Gasteiger partial charge >= 0.3 is 0 Å². The van der Waals surface area contributed by atoms with Crippen molar-refractivity contribution in [3.05, 3.63) is 30.1 Å². The molecule has 3 nitrogen and oxygen atoms in total. The van der Waals surface area contributed by atoms with Gasteiger partial charge in [-0.1, -0.05) is 13.0 Å². The van der Waals surface area contributed by atoms with E-state index in [9.17, 15) is 0 Å². The summed E-state index contributed by atoms with van der Waals surface area (Å²) in [4.78, 5) is 6.66. The van der Waals surface area contributed by atoms with E-state index in [1.807, 2.05) is 18.5 Å². The number of hydrogen-bond donors (Lipinski definition) is 1. The lowest BCUT2D eigenvalue weighted by atomic mass is 10.3. The summed E-state index contributed by atoms with van der Waals surface area (Å²) in [6, 6.07) is 4.10. The van der Waals surface area contributed by atoms with Crippen LogP contribution >= 0.6 is 11.8 Å². The van der Waals surface area contributed by atoms with Gasteiger partial charge in [-0.3, -0.25) is 4.98 Å². The summed E-state index contributed by atoms with van der Waals surface area (Å²) in [6.07, 6.45) is 3.74. The molecule has 0 bridgehead atoms. The fraction of sp³-hybridized carbons (Fsp3) is 0.615. The molecule has 0 radical (unpaired) electrons. The second-order valence-corrected chi connectivity index (χ2v) is 6.07. The van der Waals surface area contributed by atoms with Crippen LogP contribution < -0.4 is 5.32 Å². The molecule has 1 N–H and O–H groups in total. The molecular formula is C13H21N3S. The average molecular weight is 251 g/mol. The first-order valence-electron chi connectivity index (χ1n) is 6.28. The van der Waals surface area contributed by atoms with Crippen molar-refractivity contribution in [3.63, 3.8) is 0 Å². The zero-order chi connectivity index (χ0) is 11.9. The Bertz CT molecular complexity index is 318. The number of pyridine rings is 1. The van der Waals surface area contributed by atoms with E-state index in [0.717, 1.165) is 24.9 Å². The van der Waals surface area contributed by atoms with Gasteiger partial charge in [0.05, 0.1) is 0 Å². The summed E-state index contributed by atoms with van der Waals surface area (Å²) in [7, 11) is 0. The molecule has 2 rings (SSSR count). The van der Waals surface area contributed by atoms with Crippen LogP contribution in [0.5, 0.6) is 0 Å². The Kier molecular flexibility index (Phi) is 5.29. The van der Waals surface area contributed by atoms with E-state index in [0.29, 0.717) is 0 Å². The van der Waals surface area contributed by atoms with Crippen molar-refractivity contribution in [1.82, 2.24) is 15.2 Å². The quantitative estimate of drug-likeness (QED) is 0.805. The Balaban J connectivity index is 1.60.